The number of nitrogens with one attached hydrogen (secondary N) is 1. The second-order valence-corrected chi connectivity index (χ2v) is 5.49. The first-order valence-electron chi connectivity index (χ1n) is 5.79. The topological polar surface area (TPSA) is 12.0 Å². The van der Waals surface area contributed by atoms with Gasteiger partial charge in [-0.25, -0.2) is 0 Å². The minimum atomic E-state index is 0.526. The number of rotatable bonds is 3. The van der Waals surface area contributed by atoms with Crippen molar-refractivity contribution in [3.05, 3.63) is 34.9 Å². The lowest BCUT2D eigenvalue weighted by atomic mass is 10.0. The quantitative estimate of drug-likeness (QED) is 0.795. The molecule has 1 aliphatic rings. The van der Waals surface area contributed by atoms with E-state index in [1.54, 1.807) is 0 Å². The van der Waals surface area contributed by atoms with E-state index in [1.807, 2.05) is 0 Å². The van der Waals surface area contributed by atoms with Gasteiger partial charge in [0.1, 0.15) is 0 Å². The summed E-state index contributed by atoms with van der Waals surface area (Å²) in [4.78, 5) is 0. The molecule has 0 bridgehead atoms. The number of hydrogen-bond donors (Lipinski definition) is 1. The average molecular weight is 203 g/mol. The zero-order chi connectivity index (χ0) is 11.1. The van der Waals surface area contributed by atoms with Crippen molar-refractivity contribution in [3.8, 4) is 0 Å². The predicted octanol–water partition coefficient (Wildman–Crippen LogP) is 3.19. The van der Waals surface area contributed by atoms with Crippen LogP contribution in [0.15, 0.2) is 18.2 Å². The van der Waals surface area contributed by atoms with Gasteiger partial charge < -0.3 is 5.32 Å². The summed E-state index contributed by atoms with van der Waals surface area (Å²) >= 11 is 0. The highest BCUT2D eigenvalue weighted by Crippen LogP contribution is 2.44. The molecular formula is C14H21N. The Kier molecular flexibility index (Phi) is 2.59. The molecule has 1 nitrogen and oxygen atoms in total. The predicted molar refractivity (Wildman–Crippen MR) is 64.9 cm³/mol. The minimum Gasteiger partial charge on any atom is -0.309 e. The summed E-state index contributed by atoms with van der Waals surface area (Å²) in [7, 11) is 0. The third kappa shape index (κ3) is 2.23. The Morgan fingerprint density at radius 1 is 1.33 bits per heavy atom. The van der Waals surface area contributed by atoms with E-state index >= 15 is 0 Å². The maximum Gasteiger partial charge on any atom is 0.0211 e. The van der Waals surface area contributed by atoms with Gasteiger partial charge in [-0.2, -0.15) is 0 Å². The first-order chi connectivity index (χ1) is 7.00. The van der Waals surface area contributed by atoms with Crippen molar-refractivity contribution in [1.82, 2.24) is 5.32 Å². The molecule has 1 aliphatic carbocycles. The van der Waals surface area contributed by atoms with Crippen LogP contribution in [0.5, 0.6) is 0 Å². The smallest absolute Gasteiger partial charge is 0.0211 e. The van der Waals surface area contributed by atoms with Gasteiger partial charge in [0.15, 0.2) is 0 Å². The van der Waals surface area contributed by atoms with Crippen LogP contribution in [0.25, 0.3) is 0 Å². The van der Waals surface area contributed by atoms with Crippen LogP contribution in [0, 0.1) is 19.3 Å². The molecular weight excluding hydrogens is 182 g/mol. The maximum absolute atomic E-state index is 3.63. The van der Waals surface area contributed by atoms with E-state index < -0.39 is 0 Å². The van der Waals surface area contributed by atoms with Crippen LogP contribution in [0.1, 0.15) is 37.0 Å². The third-order valence-electron chi connectivity index (χ3n) is 3.77. The first kappa shape index (κ1) is 10.7. The fourth-order valence-corrected chi connectivity index (χ4v) is 2.05. The summed E-state index contributed by atoms with van der Waals surface area (Å²) in [5.41, 5.74) is 4.79. The van der Waals surface area contributed by atoms with Crippen LogP contribution in [0.4, 0.5) is 0 Å². The van der Waals surface area contributed by atoms with E-state index in [2.05, 4.69) is 51.2 Å². The van der Waals surface area contributed by atoms with Crippen LogP contribution in [-0.2, 0) is 6.54 Å². The molecule has 1 fully saturated rings. The highest BCUT2D eigenvalue weighted by Gasteiger charge is 2.44. The molecule has 1 heteroatoms. The summed E-state index contributed by atoms with van der Waals surface area (Å²) in [6.45, 7) is 10.1. The van der Waals surface area contributed by atoms with Crippen LogP contribution in [0.3, 0.4) is 0 Å². The van der Waals surface area contributed by atoms with Gasteiger partial charge in [-0.3, -0.25) is 0 Å². The molecule has 1 aromatic rings. The molecule has 1 saturated carbocycles. The molecule has 1 unspecified atom stereocenters. The summed E-state index contributed by atoms with van der Waals surface area (Å²) in [5.74, 6) is 0. The highest BCUT2D eigenvalue weighted by molar-refractivity contribution is 5.33. The first-order valence-corrected chi connectivity index (χ1v) is 5.79. The molecule has 82 valence electrons. The zero-order valence-electron chi connectivity index (χ0n) is 10.2. The molecule has 1 aromatic carbocycles. The summed E-state index contributed by atoms with van der Waals surface area (Å²) < 4.78 is 0. The lowest BCUT2D eigenvalue weighted by Crippen LogP contribution is -2.20. The van der Waals surface area contributed by atoms with Gasteiger partial charge in [-0.1, -0.05) is 32.0 Å². The molecule has 0 spiro atoms. The van der Waals surface area contributed by atoms with Crippen molar-refractivity contribution >= 4 is 0 Å². The number of benzene rings is 1. The van der Waals surface area contributed by atoms with Crippen molar-refractivity contribution in [2.75, 3.05) is 0 Å². The Labute approximate surface area is 92.9 Å². The Morgan fingerprint density at radius 3 is 2.60 bits per heavy atom. The van der Waals surface area contributed by atoms with Crippen molar-refractivity contribution in [2.24, 2.45) is 5.41 Å². The largest absolute Gasteiger partial charge is 0.309 e. The van der Waals surface area contributed by atoms with E-state index in [0.29, 0.717) is 5.41 Å². The van der Waals surface area contributed by atoms with Gasteiger partial charge in [-0.05, 0) is 42.4 Å². The Morgan fingerprint density at radius 2 is 2.00 bits per heavy atom. The van der Waals surface area contributed by atoms with Gasteiger partial charge in [0, 0.05) is 12.6 Å². The molecule has 2 rings (SSSR count). The highest BCUT2D eigenvalue weighted by atomic mass is 15.0. The van der Waals surface area contributed by atoms with Crippen LogP contribution < -0.4 is 5.32 Å². The second-order valence-electron chi connectivity index (χ2n) is 5.49. The lowest BCUT2D eigenvalue weighted by molar-refractivity contribution is 0.541. The van der Waals surface area contributed by atoms with Crippen molar-refractivity contribution in [1.29, 1.82) is 0 Å². The molecule has 1 atom stereocenters. The molecule has 0 aromatic heterocycles. The fourth-order valence-electron chi connectivity index (χ4n) is 2.05. The van der Waals surface area contributed by atoms with E-state index in [-0.39, 0.29) is 0 Å². The summed E-state index contributed by atoms with van der Waals surface area (Å²) in [6.07, 6.45) is 1.32. The monoisotopic (exact) mass is 203 g/mol. The molecule has 0 heterocycles. The van der Waals surface area contributed by atoms with E-state index in [4.69, 9.17) is 0 Å². The van der Waals surface area contributed by atoms with Crippen molar-refractivity contribution in [2.45, 2.75) is 46.7 Å². The third-order valence-corrected chi connectivity index (χ3v) is 3.77. The average Bonchev–Trinajstić information content (AvgIpc) is 2.77. The molecule has 0 saturated heterocycles. The minimum absolute atomic E-state index is 0.526. The van der Waals surface area contributed by atoms with Gasteiger partial charge in [0.25, 0.3) is 0 Å². The summed E-state index contributed by atoms with van der Waals surface area (Å²) in [5, 5.41) is 3.63. The van der Waals surface area contributed by atoms with E-state index in [9.17, 15) is 0 Å². The zero-order valence-corrected chi connectivity index (χ0v) is 10.2. The number of hydrogen-bond acceptors (Lipinski definition) is 1. The van der Waals surface area contributed by atoms with Gasteiger partial charge in [0.05, 0.1) is 0 Å². The fraction of sp³-hybridized carbons (Fsp3) is 0.571. The van der Waals surface area contributed by atoms with Gasteiger partial charge in [0.2, 0.25) is 0 Å². The van der Waals surface area contributed by atoms with Crippen LogP contribution in [-0.4, -0.2) is 6.04 Å². The van der Waals surface area contributed by atoms with E-state index in [1.165, 1.54) is 23.1 Å². The SMILES string of the molecule is Cc1cccc(CNC2CC2(C)C)c1C. The second kappa shape index (κ2) is 3.64. The van der Waals surface area contributed by atoms with E-state index in [0.717, 1.165) is 12.6 Å². The molecule has 0 radical (unpaired) electrons. The van der Waals surface area contributed by atoms with Gasteiger partial charge >= 0.3 is 0 Å². The Balaban J connectivity index is 1.97. The van der Waals surface area contributed by atoms with Crippen LogP contribution in [0.2, 0.25) is 0 Å². The Hall–Kier alpha value is -0.820. The number of aryl methyl sites for hydroxylation is 1. The van der Waals surface area contributed by atoms with Gasteiger partial charge in [-0.15, -0.1) is 0 Å². The van der Waals surface area contributed by atoms with Crippen molar-refractivity contribution in [3.63, 3.8) is 0 Å². The standard InChI is InChI=1S/C14H21N/c1-10-6-5-7-12(11(10)2)9-15-13-8-14(13,3)4/h5-7,13,15H,8-9H2,1-4H3. The van der Waals surface area contributed by atoms with Crippen LogP contribution >= 0.6 is 0 Å². The maximum atomic E-state index is 3.63. The normalized spacial score (nSPS) is 22.8. The molecule has 15 heavy (non-hydrogen) atoms. The molecule has 1 N–H and O–H groups in total. The molecule has 0 aliphatic heterocycles. The summed E-state index contributed by atoms with van der Waals surface area (Å²) in [6, 6.07) is 7.28. The lowest BCUT2D eigenvalue weighted by Gasteiger charge is -2.10. The van der Waals surface area contributed by atoms with Crippen molar-refractivity contribution < 1.29 is 0 Å². The molecule has 0 amide bonds. The Bertz CT molecular complexity index is 366.